The molecule has 0 aliphatic heterocycles. The van der Waals surface area contributed by atoms with Gasteiger partial charge in [-0.05, 0) is 13.3 Å². The standard InChI is InChI=1S/C7H14O3/c1-3-10-6-4-5-7(8)9-2/h3-6H2,1-2H3. The summed E-state index contributed by atoms with van der Waals surface area (Å²) in [5.74, 6) is -0.167. The van der Waals surface area contributed by atoms with Crippen molar-refractivity contribution in [3.05, 3.63) is 0 Å². The van der Waals surface area contributed by atoms with E-state index in [9.17, 15) is 4.79 Å². The van der Waals surface area contributed by atoms with Crippen LogP contribution in [0.5, 0.6) is 0 Å². The zero-order valence-electron chi connectivity index (χ0n) is 6.55. The molecule has 3 nitrogen and oxygen atoms in total. The molecule has 0 aromatic heterocycles. The van der Waals surface area contributed by atoms with Gasteiger partial charge in [0.2, 0.25) is 0 Å². The maximum Gasteiger partial charge on any atom is 0.305 e. The van der Waals surface area contributed by atoms with Crippen LogP contribution in [0.3, 0.4) is 0 Å². The maximum absolute atomic E-state index is 10.5. The molecule has 0 fully saturated rings. The fraction of sp³-hybridized carbons (Fsp3) is 0.857. The van der Waals surface area contributed by atoms with Gasteiger partial charge < -0.3 is 9.47 Å². The van der Waals surface area contributed by atoms with Gasteiger partial charge in [-0.15, -0.1) is 0 Å². The molecule has 0 heterocycles. The topological polar surface area (TPSA) is 35.5 Å². The van der Waals surface area contributed by atoms with Crippen LogP contribution in [0.2, 0.25) is 0 Å². The molecule has 0 saturated carbocycles. The highest BCUT2D eigenvalue weighted by molar-refractivity contribution is 5.68. The van der Waals surface area contributed by atoms with Crippen LogP contribution in [0.1, 0.15) is 19.8 Å². The van der Waals surface area contributed by atoms with Crippen LogP contribution in [0.25, 0.3) is 0 Å². The Bertz CT molecular complexity index is 90.9. The Balaban J connectivity index is 2.96. The molecule has 0 spiro atoms. The van der Waals surface area contributed by atoms with Crippen molar-refractivity contribution in [2.75, 3.05) is 20.3 Å². The first-order valence-corrected chi connectivity index (χ1v) is 3.45. The molecule has 0 N–H and O–H groups in total. The van der Waals surface area contributed by atoms with Crippen LogP contribution in [0, 0.1) is 0 Å². The number of methoxy groups -OCH3 is 1. The third kappa shape index (κ3) is 5.56. The zero-order valence-corrected chi connectivity index (χ0v) is 6.55. The summed E-state index contributed by atoms with van der Waals surface area (Å²) in [6.45, 7) is 3.28. The Kier molecular flexibility index (Phi) is 6.18. The van der Waals surface area contributed by atoms with Gasteiger partial charge in [-0.2, -0.15) is 0 Å². The van der Waals surface area contributed by atoms with Crippen LogP contribution in [-0.4, -0.2) is 26.3 Å². The Hall–Kier alpha value is -0.570. The number of esters is 1. The predicted molar refractivity (Wildman–Crippen MR) is 37.7 cm³/mol. The van der Waals surface area contributed by atoms with E-state index < -0.39 is 0 Å². The number of rotatable bonds is 5. The fourth-order valence-electron chi connectivity index (χ4n) is 0.565. The molecular formula is C7H14O3. The lowest BCUT2D eigenvalue weighted by Crippen LogP contribution is -2.02. The molecule has 0 rings (SSSR count). The summed E-state index contributed by atoms with van der Waals surface area (Å²) >= 11 is 0. The minimum Gasteiger partial charge on any atom is -0.469 e. The second-order valence-corrected chi connectivity index (χ2v) is 1.88. The van der Waals surface area contributed by atoms with Gasteiger partial charge in [0.05, 0.1) is 7.11 Å². The Labute approximate surface area is 61.3 Å². The highest BCUT2D eigenvalue weighted by Gasteiger charge is 1.97. The molecular weight excluding hydrogens is 132 g/mol. The average Bonchev–Trinajstić information content (AvgIpc) is 1.98. The molecule has 0 unspecified atom stereocenters. The van der Waals surface area contributed by atoms with Crippen molar-refractivity contribution in [1.82, 2.24) is 0 Å². The molecule has 0 aromatic carbocycles. The smallest absolute Gasteiger partial charge is 0.305 e. The summed E-state index contributed by atoms with van der Waals surface area (Å²) in [5, 5.41) is 0. The van der Waals surface area contributed by atoms with Crippen molar-refractivity contribution in [2.45, 2.75) is 19.8 Å². The minimum absolute atomic E-state index is 0.167. The Morgan fingerprint density at radius 1 is 1.50 bits per heavy atom. The monoisotopic (exact) mass is 146 g/mol. The zero-order chi connectivity index (χ0) is 7.82. The summed E-state index contributed by atoms with van der Waals surface area (Å²) in [6.07, 6.45) is 1.21. The number of carbonyl (C=O) groups is 1. The lowest BCUT2D eigenvalue weighted by atomic mass is 10.3. The Morgan fingerprint density at radius 2 is 2.20 bits per heavy atom. The quantitative estimate of drug-likeness (QED) is 0.428. The molecule has 0 saturated heterocycles. The van der Waals surface area contributed by atoms with Gasteiger partial charge in [0.1, 0.15) is 0 Å². The van der Waals surface area contributed by atoms with E-state index in [0.29, 0.717) is 19.6 Å². The van der Waals surface area contributed by atoms with Gasteiger partial charge in [-0.1, -0.05) is 0 Å². The van der Waals surface area contributed by atoms with Crippen LogP contribution in [0.15, 0.2) is 0 Å². The van der Waals surface area contributed by atoms with Gasteiger partial charge >= 0.3 is 5.97 Å². The van der Waals surface area contributed by atoms with Crippen LogP contribution >= 0.6 is 0 Å². The van der Waals surface area contributed by atoms with E-state index in [4.69, 9.17) is 4.74 Å². The number of carbonyl (C=O) groups excluding carboxylic acids is 1. The third-order valence-electron chi connectivity index (χ3n) is 1.10. The first-order chi connectivity index (χ1) is 4.81. The molecule has 0 aromatic rings. The van der Waals surface area contributed by atoms with Crippen LogP contribution < -0.4 is 0 Å². The fourth-order valence-corrected chi connectivity index (χ4v) is 0.565. The van der Waals surface area contributed by atoms with Crippen molar-refractivity contribution in [1.29, 1.82) is 0 Å². The van der Waals surface area contributed by atoms with Crippen molar-refractivity contribution < 1.29 is 14.3 Å². The van der Waals surface area contributed by atoms with Crippen molar-refractivity contribution in [2.24, 2.45) is 0 Å². The molecule has 0 aliphatic carbocycles. The molecule has 0 amide bonds. The second kappa shape index (κ2) is 6.55. The molecule has 0 atom stereocenters. The SMILES string of the molecule is CCOCCCC(=O)OC. The molecule has 10 heavy (non-hydrogen) atoms. The van der Waals surface area contributed by atoms with E-state index in [0.717, 1.165) is 6.42 Å². The summed E-state index contributed by atoms with van der Waals surface area (Å²) < 4.78 is 9.46. The molecule has 0 bridgehead atoms. The lowest BCUT2D eigenvalue weighted by molar-refractivity contribution is -0.140. The van der Waals surface area contributed by atoms with E-state index in [1.54, 1.807) is 0 Å². The normalized spacial score (nSPS) is 9.40. The molecule has 3 heteroatoms. The van der Waals surface area contributed by atoms with Gasteiger partial charge in [-0.25, -0.2) is 0 Å². The summed E-state index contributed by atoms with van der Waals surface area (Å²) in [4.78, 5) is 10.5. The van der Waals surface area contributed by atoms with Gasteiger partial charge in [0, 0.05) is 19.6 Å². The van der Waals surface area contributed by atoms with E-state index in [-0.39, 0.29) is 5.97 Å². The number of ether oxygens (including phenoxy) is 2. The van der Waals surface area contributed by atoms with E-state index in [1.807, 2.05) is 6.92 Å². The predicted octanol–water partition coefficient (Wildman–Crippen LogP) is 0.976. The maximum atomic E-state index is 10.5. The van der Waals surface area contributed by atoms with Gasteiger partial charge in [0.25, 0.3) is 0 Å². The summed E-state index contributed by atoms with van der Waals surface area (Å²) in [7, 11) is 1.39. The molecule has 60 valence electrons. The minimum atomic E-state index is -0.167. The van der Waals surface area contributed by atoms with E-state index in [1.165, 1.54) is 7.11 Å². The van der Waals surface area contributed by atoms with Crippen LogP contribution in [-0.2, 0) is 14.3 Å². The van der Waals surface area contributed by atoms with Crippen molar-refractivity contribution >= 4 is 5.97 Å². The van der Waals surface area contributed by atoms with Crippen molar-refractivity contribution in [3.63, 3.8) is 0 Å². The van der Waals surface area contributed by atoms with Crippen LogP contribution in [0.4, 0.5) is 0 Å². The summed E-state index contributed by atoms with van der Waals surface area (Å²) in [6, 6.07) is 0. The van der Waals surface area contributed by atoms with Crippen molar-refractivity contribution in [3.8, 4) is 0 Å². The van der Waals surface area contributed by atoms with E-state index >= 15 is 0 Å². The number of hydrogen-bond acceptors (Lipinski definition) is 3. The first-order valence-electron chi connectivity index (χ1n) is 3.45. The highest BCUT2D eigenvalue weighted by atomic mass is 16.5. The second-order valence-electron chi connectivity index (χ2n) is 1.88. The lowest BCUT2D eigenvalue weighted by Gasteiger charge is -1.98. The number of hydrogen-bond donors (Lipinski definition) is 0. The first kappa shape index (κ1) is 9.43. The largest absolute Gasteiger partial charge is 0.469 e. The average molecular weight is 146 g/mol. The van der Waals surface area contributed by atoms with Gasteiger partial charge in [0.15, 0.2) is 0 Å². The third-order valence-corrected chi connectivity index (χ3v) is 1.10. The van der Waals surface area contributed by atoms with E-state index in [2.05, 4.69) is 4.74 Å². The highest BCUT2D eigenvalue weighted by Crippen LogP contribution is 1.91. The molecule has 0 aliphatic rings. The summed E-state index contributed by atoms with van der Waals surface area (Å²) in [5.41, 5.74) is 0. The Morgan fingerprint density at radius 3 is 2.70 bits per heavy atom. The molecule has 0 radical (unpaired) electrons. The van der Waals surface area contributed by atoms with Gasteiger partial charge in [-0.3, -0.25) is 4.79 Å².